The number of hydrogen-bond acceptors (Lipinski definition) is 6. The summed E-state index contributed by atoms with van der Waals surface area (Å²) in [6.45, 7) is 0. The van der Waals surface area contributed by atoms with Gasteiger partial charge in [0.15, 0.2) is 0 Å². The molecular formula is C16H13N3O2S2. The normalized spacial score (nSPS) is 11.0. The highest BCUT2D eigenvalue weighted by atomic mass is 32.2. The zero-order chi connectivity index (χ0) is 16.1. The van der Waals surface area contributed by atoms with E-state index < -0.39 is 0 Å². The second-order valence-electron chi connectivity index (χ2n) is 4.48. The number of carbonyl (C=O) groups is 1. The molecule has 0 saturated carbocycles. The molecule has 1 N–H and O–H groups in total. The van der Waals surface area contributed by atoms with E-state index in [-0.39, 0.29) is 11.9 Å². The number of thiophene rings is 1. The van der Waals surface area contributed by atoms with Gasteiger partial charge < -0.3 is 4.42 Å². The molecule has 0 radical (unpaired) electrons. The fourth-order valence-corrected chi connectivity index (χ4v) is 2.84. The molecule has 23 heavy (non-hydrogen) atoms. The van der Waals surface area contributed by atoms with Gasteiger partial charge in [0, 0.05) is 21.4 Å². The highest BCUT2D eigenvalue weighted by Gasteiger charge is 2.10. The molecule has 3 rings (SSSR count). The van der Waals surface area contributed by atoms with Gasteiger partial charge in [-0.3, -0.25) is 10.1 Å². The SMILES string of the molecule is CSc1ccc(-c2nnc(NC(=O)/C=C/c3cccs3)o2)cc1. The maximum Gasteiger partial charge on any atom is 0.322 e. The van der Waals surface area contributed by atoms with Gasteiger partial charge in [-0.2, -0.15) is 0 Å². The van der Waals surface area contributed by atoms with Crippen molar-refractivity contribution < 1.29 is 9.21 Å². The summed E-state index contributed by atoms with van der Waals surface area (Å²) in [6, 6.07) is 11.7. The van der Waals surface area contributed by atoms with Crippen LogP contribution in [0.15, 0.2) is 57.2 Å². The van der Waals surface area contributed by atoms with Crippen LogP contribution in [-0.2, 0) is 4.79 Å². The van der Waals surface area contributed by atoms with Crippen molar-refractivity contribution >= 4 is 41.1 Å². The molecule has 2 heterocycles. The molecule has 0 bridgehead atoms. The third-order valence-corrected chi connectivity index (χ3v) is 4.52. The minimum absolute atomic E-state index is 0.0785. The Bertz CT molecular complexity index is 808. The second kappa shape index (κ2) is 7.26. The summed E-state index contributed by atoms with van der Waals surface area (Å²) in [7, 11) is 0. The average molecular weight is 343 g/mol. The second-order valence-corrected chi connectivity index (χ2v) is 6.34. The van der Waals surface area contributed by atoms with E-state index in [0.29, 0.717) is 5.89 Å². The Kier molecular flexibility index (Phi) is 4.89. The predicted octanol–water partition coefficient (Wildman–Crippen LogP) is 4.17. The van der Waals surface area contributed by atoms with Crippen LogP contribution >= 0.6 is 23.1 Å². The lowest BCUT2D eigenvalue weighted by Crippen LogP contribution is -2.07. The zero-order valence-corrected chi connectivity index (χ0v) is 13.9. The number of anilines is 1. The first-order valence-corrected chi connectivity index (χ1v) is 8.85. The number of rotatable bonds is 5. The van der Waals surface area contributed by atoms with Crippen molar-refractivity contribution in [3.63, 3.8) is 0 Å². The van der Waals surface area contributed by atoms with Crippen molar-refractivity contribution in [2.45, 2.75) is 4.90 Å². The number of thioether (sulfide) groups is 1. The molecular weight excluding hydrogens is 330 g/mol. The Morgan fingerprint density at radius 1 is 1.26 bits per heavy atom. The Balaban J connectivity index is 1.65. The molecule has 2 aromatic heterocycles. The van der Waals surface area contributed by atoms with Gasteiger partial charge in [-0.1, -0.05) is 11.2 Å². The Labute approximate surface area is 141 Å². The minimum Gasteiger partial charge on any atom is -0.403 e. The van der Waals surface area contributed by atoms with Gasteiger partial charge in [-0.15, -0.1) is 28.2 Å². The molecule has 0 spiro atoms. The standard InChI is InChI=1S/C16H13N3O2S2/c1-22-12-6-4-11(5-7-12)15-18-19-16(21-15)17-14(20)9-8-13-3-2-10-23-13/h2-10H,1H3,(H,17,19,20)/b9-8+. The maximum atomic E-state index is 11.8. The lowest BCUT2D eigenvalue weighted by atomic mass is 10.2. The first kappa shape index (κ1) is 15.5. The highest BCUT2D eigenvalue weighted by Crippen LogP contribution is 2.23. The molecule has 0 aliphatic rings. The van der Waals surface area contributed by atoms with Crippen molar-refractivity contribution in [2.24, 2.45) is 0 Å². The highest BCUT2D eigenvalue weighted by molar-refractivity contribution is 7.98. The smallest absolute Gasteiger partial charge is 0.322 e. The Hall–Kier alpha value is -2.38. The topological polar surface area (TPSA) is 68.0 Å². The number of carbonyl (C=O) groups excluding carboxylic acids is 1. The van der Waals surface area contributed by atoms with Gasteiger partial charge in [0.1, 0.15) is 0 Å². The predicted molar refractivity (Wildman–Crippen MR) is 93.5 cm³/mol. The molecule has 0 atom stereocenters. The quantitative estimate of drug-likeness (QED) is 0.556. The first-order valence-electron chi connectivity index (χ1n) is 6.75. The van der Waals surface area contributed by atoms with E-state index in [9.17, 15) is 4.79 Å². The van der Waals surface area contributed by atoms with E-state index in [2.05, 4.69) is 15.5 Å². The molecule has 0 fully saturated rings. The van der Waals surface area contributed by atoms with Gasteiger partial charge >= 0.3 is 6.01 Å². The molecule has 5 nitrogen and oxygen atoms in total. The largest absolute Gasteiger partial charge is 0.403 e. The van der Waals surface area contributed by atoms with Crippen LogP contribution in [0, 0.1) is 0 Å². The van der Waals surface area contributed by atoms with E-state index in [1.54, 1.807) is 29.2 Å². The molecule has 0 unspecified atom stereocenters. The van der Waals surface area contributed by atoms with E-state index in [4.69, 9.17) is 4.42 Å². The summed E-state index contributed by atoms with van der Waals surface area (Å²) in [5.74, 6) is 0.0570. The monoisotopic (exact) mass is 343 g/mol. The number of aromatic nitrogens is 2. The van der Waals surface area contributed by atoms with Gasteiger partial charge in [0.05, 0.1) is 0 Å². The zero-order valence-electron chi connectivity index (χ0n) is 12.2. The van der Waals surface area contributed by atoms with E-state index in [0.717, 1.165) is 15.3 Å². The van der Waals surface area contributed by atoms with Crippen LogP contribution in [0.3, 0.4) is 0 Å². The van der Waals surface area contributed by atoms with Crippen LogP contribution in [0.2, 0.25) is 0 Å². The lowest BCUT2D eigenvalue weighted by molar-refractivity contribution is -0.112. The summed E-state index contributed by atoms with van der Waals surface area (Å²) in [5, 5.41) is 12.3. The van der Waals surface area contributed by atoms with Crippen LogP contribution in [0.4, 0.5) is 6.01 Å². The van der Waals surface area contributed by atoms with E-state index in [1.165, 1.54) is 6.08 Å². The van der Waals surface area contributed by atoms with Crippen LogP contribution in [0.1, 0.15) is 4.88 Å². The lowest BCUT2D eigenvalue weighted by Gasteiger charge is -1.97. The number of amides is 1. The fourth-order valence-electron chi connectivity index (χ4n) is 1.81. The molecule has 1 amide bonds. The number of benzene rings is 1. The third kappa shape index (κ3) is 4.08. The molecule has 116 valence electrons. The van der Waals surface area contributed by atoms with Gasteiger partial charge in [-0.25, -0.2) is 0 Å². The fraction of sp³-hybridized carbons (Fsp3) is 0.0625. The molecule has 3 aromatic rings. The summed E-state index contributed by atoms with van der Waals surface area (Å²) < 4.78 is 5.46. The molecule has 1 aromatic carbocycles. The number of nitrogens with one attached hydrogen (secondary N) is 1. The van der Waals surface area contributed by atoms with E-state index in [1.807, 2.05) is 48.0 Å². The van der Waals surface area contributed by atoms with Gasteiger partial charge in [-0.05, 0) is 48.0 Å². The molecule has 0 saturated heterocycles. The Morgan fingerprint density at radius 2 is 2.09 bits per heavy atom. The van der Waals surface area contributed by atoms with Crippen molar-refractivity contribution in [3.8, 4) is 11.5 Å². The van der Waals surface area contributed by atoms with Crippen LogP contribution in [-0.4, -0.2) is 22.4 Å². The maximum absolute atomic E-state index is 11.8. The Morgan fingerprint density at radius 3 is 2.78 bits per heavy atom. The number of hydrogen-bond donors (Lipinski definition) is 1. The third-order valence-electron chi connectivity index (χ3n) is 2.93. The summed E-state index contributed by atoms with van der Waals surface area (Å²) in [4.78, 5) is 14.0. The first-order chi connectivity index (χ1) is 11.2. The molecule has 0 aliphatic heterocycles. The molecule has 0 aliphatic carbocycles. The van der Waals surface area contributed by atoms with Crippen molar-refractivity contribution in [1.29, 1.82) is 0 Å². The summed E-state index contributed by atoms with van der Waals surface area (Å²) >= 11 is 3.22. The number of nitrogens with zero attached hydrogens (tertiary/aromatic N) is 2. The van der Waals surface area contributed by atoms with Gasteiger partial charge in [0.25, 0.3) is 5.91 Å². The average Bonchev–Trinajstić information content (AvgIpc) is 3.25. The van der Waals surface area contributed by atoms with E-state index >= 15 is 0 Å². The van der Waals surface area contributed by atoms with Crippen LogP contribution in [0.5, 0.6) is 0 Å². The van der Waals surface area contributed by atoms with Gasteiger partial charge in [0.2, 0.25) is 5.89 Å². The van der Waals surface area contributed by atoms with Crippen molar-refractivity contribution in [2.75, 3.05) is 11.6 Å². The summed E-state index contributed by atoms with van der Waals surface area (Å²) in [6.07, 6.45) is 5.18. The minimum atomic E-state index is -0.314. The van der Waals surface area contributed by atoms with Crippen LogP contribution < -0.4 is 5.32 Å². The van der Waals surface area contributed by atoms with Crippen molar-refractivity contribution in [3.05, 3.63) is 52.7 Å². The van der Waals surface area contributed by atoms with Crippen molar-refractivity contribution in [1.82, 2.24) is 10.2 Å². The summed E-state index contributed by atoms with van der Waals surface area (Å²) in [5.41, 5.74) is 0.810. The van der Waals surface area contributed by atoms with Crippen LogP contribution in [0.25, 0.3) is 17.5 Å². The molecule has 7 heteroatoms.